The maximum Gasteiger partial charge on any atom is 0.227 e. The van der Waals surface area contributed by atoms with Gasteiger partial charge in [-0.1, -0.05) is 18.6 Å². The molecule has 1 aromatic carbocycles. The predicted molar refractivity (Wildman–Crippen MR) is 115 cm³/mol. The number of nitrogens with one attached hydrogen (secondary N) is 1. The summed E-state index contributed by atoms with van der Waals surface area (Å²) in [6.45, 7) is 0. The van der Waals surface area contributed by atoms with E-state index in [2.05, 4.69) is 10.3 Å². The minimum atomic E-state index is 0. The number of fused-ring (bicyclic) bond motifs is 2. The largest absolute Gasteiger partial charge is 0.439 e. The topological polar surface area (TPSA) is 77.2 Å². The fourth-order valence-corrected chi connectivity index (χ4v) is 4.41. The number of carbonyl (C=O) groups is 1. The van der Waals surface area contributed by atoms with Crippen molar-refractivity contribution in [2.45, 2.75) is 38.1 Å². The monoisotopic (exact) mass is 423 g/mol. The Hall–Kier alpha value is -1.82. The number of aromatic nitrogens is 1. The Balaban J connectivity index is 0.00000140. The van der Waals surface area contributed by atoms with Crippen molar-refractivity contribution in [3.63, 3.8) is 0 Å². The van der Waals surface area contributed by atoms with Crippen LogP contribution in [-0.4, -0.2) is 16.9 Å². The average molecular weight is 424 g/mol. The molecule has 3 N–H and O–H groups in total. The van der Waals surface area contributed by atoms with Crippen molar-refractivity contribution in [3.8, 4) is 11.6 Å². The second-order valence-electron chi connectivity index (χ2n) is 7.48. The van der Waals surface area contributed by atoms with E-state index in [1.807, 2.05) is 36.4 Å². The molecule has 0 spiro atoms. The van der Waals surface area contributed by atoms with Crippen molar-refractivity contribution in [1.29, 1.82) is 0 Å². The molecule has 0 saturated heterocycles. The van der Waals surface area contributed by atoms with Crippen LogP contribution in [-0.2, 0) is 4.79 Å². The van der Waals surface area contributed by atoms with Crippen LogP contribution in [0.1, 0.15) is 32.1 Å². The van der Waals surface area contributed by atoms with E-state index in [9.17, 15) is 4.79 Å². The van der Waals surface area contributed by atoms with E-state index in [4.69, 9.17) is 10.5 Å². The lowest BCUT2D eigenvalue weighted by Gasteiger charge is -2.43. The highest BCUT2D eigenvalue weighted by Gasteiger charge is 2.40. The lowest BCUT2D eigenvalue weighted by Crippen LogP contribution is -2.48. The third-order valence-corrected chi connectivity index (χ3v) is 5.75. The molecule has 2 aliphatic carbocycles. The van der Waals surface area contributed by atoms with Gasteiger partial charge in [-0.25, -0.2) is 4.98 Å². The zero-order valence-electron chi connectivity index (χ0n) is 15.6. The second-order valence-corrected chi connectivity index (χ2v) is 7.48. The molecule has 2 aromatic rings. The van der Waals surface area contributed by atoms with Crippen LogP contribution in [0, 0.1) is 17.8 Å². The van der Waals surface area contributed by atoms with Gasteiger partial charge >= 0.3 is 0 Å². The molecular formula is C21H27Cl2N3O2. The Morgan fingerprint density at radius 1 is 1.07 bits per heavy atom. The van der Waals surface area contributed by atoms with Crippen LogP contribution in [0.4, 0.5) is 5.69 Å². The first kappa shape index (κ1) is 22.5. The van der Waals surface area contributed by atoms with Crippen molar-refractivity contribution in [2.75, 3.05) is 5.32 Å². The molecule has 4 rings (SSSR count). The lowest BCUT2D eigenvalue weighted by atomic mass is 9.65. The van der Waals surface area contributed by atoms with E-state index < -0.39 is 0 Å². The molecule has 2 bridgehead atoms. The summed E-state index contributed by atoms with van der Waals surface area (Å²) in [4.78, 5) is 16.9. The zero-order valence-corrected chi connectivity index (χ0v) is 17.3. The second kappa shape index (κ2) is 10.1. The van der Waals surface area contributed by atoms with E-state index >= 15 is 0 Å². The highest BCUT2D eigenvalue weighted by atomic mass is 35.5. The van der Waals surface area contributed by atoms with Crippen LogP contribution in [0.5, 0.6) is 11.6 Å². The molecule has 1 aromatic heterocycles. The maximum atomic E-state index is 12.8. The number of ether oxygens (including phenoxy) is 1. The van der Waals surface area contributed by atoms with Crippen LogP contribution in [0.25, 0.3) is 0 Å². The highest BCUT2D eigenvalue weighted by Crippen LogP contribution is 2.42. The minimum absolute atomic E-state index is 0. The third-order valence-electron chi connectivity index (χ3n) is 5.75. The first-order valence-corrected chi connectivity index (χ1v) is 9.44. The van der Waals surface area contributed by atoms with E-state index in [1.54, 1.807) is 12.3 Å². The quantitative estimate of drug-likeness (QED) is 0.739. The van der Waals surface area contributed by atoms with Crippen molar-refractivity contribution >= 4 is 36.4 Å². The zero-order chi connectivity index (χ0) is 17.9. The van der Waals surface area contributed by atoms with Gasteiger partial charge in [0.2, 0.25) is 11.8 Å². The predicted octanol–water partition coefficient (Wildman–Crippen LogP) is 4.81. The van der Waals surface area contributed by atoms with Crippen LogP contribution >= 0.6 is 24.8 Å². The third kappa shape index (κ3) is 5.16. The van der Waals surface area contributed by atoms with Gasteiger partial charge in [-0.15, -0.1) is 24.8 Å². The standard InChI is InChI=1S/C21H25N3O2.2ClH/c22-20-14-5-3-6-15(20)12-16(11-14)21(25)24-17-7-4-8-18(13-17)26-19-9-1-2-10-23-19;;/h1-2,4,7-10,13-16,20H,3,5-6,11-12,22H2,(H,24,25);2*1H. The number of rotatable bonds is 4. The van der Waals surface area contributed by atoms with Crippen molar-refractivity contribution in [1.82, 2.24) is 4.98 Å². The summed E-state index contributed by atoms with van der Waals surface area (Å²) in [6, 6.07) is 13.2. The van der Waals surface area contributed by atoms with Gasteiger partial charge in [0.15, 0.2) is 0 Å². The van der Waals surface area contributed by atoms with E-state index in [-0.39, 0.29) is 42.7 Å². The molecule has 2 unspecified atom stereocenters. The number of benzene rings is 1. The summed E-state index contributed by atoms with van der Waals surface area (Å²) in [5.41, 5.74) is 7.09. The fraction of sp³-hybridized carbons (Fsp3) is 0.429. The number of carbonyl (C=O) groups excluding carboxylic acids is 1. The molecule has 152 valence electrons. The van der Waals surface area contributed by atoms with Crippen molar-refractivity contribution < 1.29 is 9.53 Å². The molecule has 28 heavy (non-hydrogen) atoms. The summed E-state index contributed by atoms with van der Waals surface area (Å²) < 4.78 is 5.74. The molecule has 7 heteroatoms. The van der Waals surface area contributed by atoms with Crippen LogP contribution in [0.2, 0.25) is 0 Å². The number of nitrogens with two attached hydrogens (primary N) is 1. The number of amides is 1. The van der Waals surface area contributed by atoms with E-state index in [0.717, 1.165) is 31.4 Å². The minimum Gasteiger partial charge on any atom is -0.439 e. The number of nitrogens with zero attached hydrogens (tertiary/aromatic N) is 1. The number of anilines is 1. The molecular weight excluding hydrogens is 397 g/mol. The highest BCUT2D eigenvalue weighted by molar-refractivity contribution is 5.92. The van der Waals surface area contributed by atoms with E-state index in [0.29, 0.717) is 23.5 Å². The van der Waals surface area contributed by atoms with Gasteiger partial charge in [0.25, 0.3) is 0 Å². The summed E-state index contributed by atoms with van der Waals surface area (Å²) >= 11 is 0. The Kier molecular flexibility index (Phi) is 8.10. The first-order chi connectivity index (χ1) is 12.7. The molecule has 2 fully saturated rings. The maximum absolute atomic E-state index is 12.8. The number of halogens is 2. The molecule has 1 amide bonds. The van der Waals surface area contributed by atoms with Gasteiger partial charge < -0.3 is 15.8 Å². The molecule has 2 aliphatic rings. The van der Waals surface area contributed by atoms with Crippen molar-refractivity contribution in [3.05, 3.63) is 48.7 Å². The summed E-state index contributed by atoms with van der Waals surface area (Å²) in [7, 11) is 0. The molecule has 0 aliphatic heterocycles. The first-order valence-electron chi connectivity index (χ1n) is 9.44. The Morgan fingerprint density at radius 2 is 1.82 bits per heavy atom. The Morgan fingerprint density at radius 3 is 2.50 bits per heavy atom. The molecule has 2 saturated carbocycles. The van der Waals surface area contributed by atoms with Gasteiger partial charge in [0.1, 0.15) is 5.75 Å². The van der Waals surface area contributed by atoms with Crippen molar-refractivity contribution in [2.24, 2.45) is 23.5 Å². The van der Waals surface area contributed by atoms with Gasteiger partial charge in [0.05, 0.1) is 0 Å². The molecule has 2 atom stereocenters. The summed E-state index contributed by atoms with van der Waals surface area (Å²) in [5.74, 6) is 2.34. The normalized spacial score (nSPS) is 25.6. The lowest BCUT2D eigenvalue weighted by molar-refractivity contribution is -0.122. The Labute approximate surface area is 178 Å². The smallest absolute Gasteiger partial charge is 0.227 e. The summed E-state index contributed by atoms with van der Waals surface area (Å²) in [6.07, 6.45) is 7.08. The number of pyridine rings is 1. The number of hydrogen-bond acceptors (Lipinski definition) is 4. The number of hydrogen-bond donors (Lipinski definition) is 2. The summed E-state index contributed by atoms with van der Waals surface area (Å²) in [5, 5.41) is 3.06. The van der Waals surface area contributed by atoms with Gasteiger partial charge in [-0.3, -0.25) is 4.79 Å². The van der Waals surface area contributed by atoms with Crippen LogP contribution in [0.15, 0.2) is 48.7 Å². The molecule has 1 heterocycles. The van der Waals surface area contributed by atoms with E-state index in [1.165, 1.54) is 6.42 Å². The Bertz CT molecular complexity index is 761. The molecule has 5 nitrogen and oxygen atoms in total. The van der Waals surface area contributed by atoms with Gasteiger partial charge in [0, 0.05) is 36.0 Å². The fourth-order valence-electron chi connectivity index (χ4n) is 4.41. The van der Waals surface area contributed by atoms with Crippen LogP contribution in [0.3, 0.4) is 0 Å². The average Bonchev–Trinajstić information content (AvgIpc) is 2.62. The SMILES string of the molecule is Cl.Cl.NC1C2CCCC1CC(C(=O)Nc1cccc(Oc3ccccn3)c1)C2. The molecule has 0 radical (unpaired) electrons. The van der Waals surface area contributed by atoms with Gasteiger partial charge in [-0.05, 0) is 55.7 Å². The van der Waals surface area contributed by atoms with Gasteiger partial charge in [-0.2, -0.15) is 0 Å². The van der Waals surface area contributed by atoms with Crippen LogP contribution < -0.4 is 15.8 Å².